The van der Waals surface area contributed by atoms with Crippen molar-refractivity contribution in [1.82, 2.24) is 19.7 Å². The number of imidazole rings is 1. The lowest BCUT2D eigenvalue weighted by Crippen LogP contribution is -2.12. The Bertz CT molecular complexity index is 1310. The molecular formula is C23H19N5O3. The molecule has 8 nitrogen and oxygen atoms in total. The molecule has 0 saturated heterocycles. The van der Waals surface area contributed by atoms with Gasteiger partial charge in [0.25, 0.3) is 5.91 Å². The van der Waals surface area contributed by atoms with Gasteiger partial charge in [-0.25, -0.2) is 4.98 Å². The number of rotatable bonds is 4. The summed E-state index contributed by atoms with van der Waals surface area (Å²) in [5.41, 5.74) is 4.71. The van der Waals surface area contributed by atoms with Gasteiger partial charge in [-0.05, 0) is 42.8 Å². The van der Waals surface area contributed by atoms with Crippen LogP contribution in [0.5, 0.6) is 11.5 Å². The van der Waals surface area contributed by atoms with Crippen molar-refractivity contribution in [2.24, 2.45) is 0 Å². The average Bonchev–Trinajstić information content (AvgIpc) is 3.57. The van der Waals surface area contributed by atoms with Gasteiger partial charge in [0.1, 0.15) is 11.5 Å². The molecule has 2 N–H and O–H groups in total. The van der Waals surface area contributed by atoms with Crippen LogP contribution in [-0.2, 0) is 13.0 Å². The maximum atomic E-state index is 12.8. The van der Waals surface area contributed by atoms with E-state index >= 15 is 0 Å². The van der Waals surface area contributed by atoms with Gasteiger partial charge in [0, 0.05) is 29.8 Å². The zero-order valence-electron chi connectivity index (χ0n) is 16.6. The topological polar surface area (TPSA) is 94.1 Å². The van der Waals surface area contributed by atoms with Crippen LogP contribution in [0.1, 0.15) is 22.7 Å². The van der Waals surface area contributed by atoms with Crippen molar-refractivity contribution in [3.8, 4) is 34.0 Å². The molecule has 4 aromatic rings. The summed E-state index contributed by atoms with van der Waals surface area (Å²) in [5.74, 6) is 2.25. The van der Waals surface area contributed by atoms with Crippen molar-refractivity contribution in [3.05, 3.63) is 66.2 Å². The minimum Gasteiger partial charge on any atom is -0.454 e. The molecule has 2 aromatic carbocycles. The monoisotopic (exact) mass is 413 g/mol. The molecule has 0 fully saturated rings. The van der Waals surface area contributed by atoms with Crippen LogP contribution < -0.4 is 14.8 Å². The van der Waals surface area contributed by atoms with Crippen LogP contribution in [0.2, 0.25) is 0 Å². The van der Waals surface area contributed by atoms with Gasteiger partial charge in [-0.3, -0.25) is 9.89 Å². The van der Waals surface area contributed by atoms with Crippen LogP contribution in [0.4, 0.5) is 5.69 Å². The number of aryl methyl sites for hydroxylation is 1. The number of anilines is 1. The fraction of sp³-hybridized carbons (Fsp3) is 0.174. The van der Waals surface area contributed by atoms with Gasteiger partial charge in [0.2, 0.25) is 6.79 Å². The molecular weight excluding hydrogens is 394 g/mol. The number of carbonyl (C=O) groups is 1. The summed E-state index contributed by atoms with van der Waals surface area (Å²) in [6, 6.07) is 15.1. The van der Waals surface area contributed by atoms with E-state index in [9.17, 15) is 4.79 Å². The third kappa shape index (κ3) is 3.13. The number of amides is 1. The first kappa shape index (κ1) is 17.8. The number of hydrogen-bond donors (Lipinski definition) is 2. The van der Waals surface area contributed by atoms with Gasteiger partial charge in [-0.15, -0.1) is 0 Å². The predicted molar refractivity (Wildman–Crippen MR) is 114 cm³/mol. The summed E-state index contributed by atoms with van der Waals surface area (Å²) < 4.78 is 13.0. The Morgan fingerprint density at radius 3 is 2.97 bits per heavy atom. The SMILES string of the molecule is O=C(Nc1cccc(-c2cnc3n2CCC3)c1)c1cc(-c2ccc3c(c2)OCO3)n[nH]1. The first-order valence-corrected chi connectivity index (χ1v) is 10.2. The van der Waals surface area contributed by atoms with Crippen LogP contribution in [0.25, 0.3) is 22.5 Å². The number of nitrogens with zero attached hydrogens (tertiary/aromatic N) is 3. The lowest BCUT2D eigenvalue weighted by Gasteiger charge is -2.08. The molecule has 6 rings (SSSR count). The standard InChI is InChI=1S/C23H19N5O3/c29-23(18-11-17(26-27-18)14-6-7-20-21(10-14)31-13-30-20)25-16-4-1-3-15(9-16)19-12-24-22-5-2-8-28(19)22/h1,3-4,6-7,9-12H,2,5,8,13H2,(H,25,29)(H,26,27). The number of aromatic amines is 1. The zero-order valence-corrected chi connectivity index (χ0v) is 16.6. The molecule has 8 heteroatoms. The Morgan fingerprint density at radius 2 is 2.00 bits per heavy atom. The molecule has 4 heterocycles. The summed E-state index contributed by atoms with van der Waals surface area (Å²) in [6.07, 6.45) is 4.04. The largest absolute Gasteiger partial charge is 0.454 e. The highest BCUT2D eigenvalue weighted by Gasteiger charge is 2.18. The van der Waals surface area contributed by atoms with E-state index in [0.29, 0.717) is 22.9 Å². The van der Waals surface area contributed by atoms with E-state index < -0.39 is 0 Å². The molecule has 0 unspecified atom stereocenters. The van der Waals surface area contributed by atoms with Gasteiger partial charge in [-0.1, -0.05) is 12.1 Å². The second-order valence-electron chi connectivity index (χ2n) is 7.58. The summed E-state index contributed by atoms with van der Waals surface area (Å²) in [5, 5.41) is 10.0. The fourth-order valence-electron chi connectivity index (χ4n) is 4.09. The Labute approximate surface area is 177 Å². The third-order valence-electron chi connectivity index (χ3n) is 5.63. The second kappa shape index (κ2) is 7.02. The number of hydrogen-bond acceptors (Lipinski definition) is 5. The lowest BCUT2D eigenvalue weighted by molar-refractivity contribution is 0.102. The summed E-state index contributed by atoms with van der Waals surface area (Å²) in [4.78, 5) is 17.3. The highest BCUT2D eigenvalue weighted by Crippen LogP contribution is 2.35. The Hall–Kier alpha value is -4.07. The highest BCUT2D eigenvalue weighted by atomic mass is 16.7. The van der Waals surface area contributed by atoms with Gasteiger partial charge in [-0.2, -0.15) is 5.10 Å². The number of H-pyrrole nitrogens is 1. The summed E-state index contributed by atoms with van der Waals surface area (Å²) in [7, 11) is 0. The molecule has 0 saturated carbocycles. The smallest absolute Gasteiger partial charge is 0.273 e. The highest BCUT2D eigenvalue weighted by molar-refractivity contribution is 6.03. The maximum absolute atomic E-state index is 12.8. The number of nitrogens with one attached hydrogen (secondary N) is 2. The van der Waals surface area contributed by atoms with Crippen LogP contribution in [-0.4, -0.2) is 32.4 Å². The number of ether oxygens (including phenoxy) is 2. The average molecular weight is 413 g/mol. The minimum atomic E-state index is -0.254. The molecule has 0 spiro atoms. The van der Waals surface area contributed by atoms with Gasteiger partial charge < -0.3 is 19.4 Å². The molecule has 1 amide bonds. The zero-order chi connectivity index (χ0) is 20.8. The van der Waals surface area contributed by atoms with Crippen molar-refractivity contribution in [3.63, 3.8) is 0 Å². The van der Waals surface area contributed by atoms with E-state index in [0.717, 1.165) is 47.7 Å². The van der Waals surface area contributed by atoms with Crippen LogP contribution in [0.15, 0.2) is 54.7 Å². The molecule has 2 aliphatic heterocycles. The van der Waals surface area contributed by atoms with Crippen molar-refractivity contribution in [2.45, 2.75) is 19.4 Å². The third-order valence-corrected chi connectivity index (χ3v) is 5.63. The van der Waals surface area contributed by atoms with E-state index in [-0.39, 0.29) is 12.7 Å². The van der Waals surface area contributed by atoms with Gasteiger partial charge >= 0.3 is 0 Å². The Morgan fingerprint density at radius 1 is 1.06 bits per heavy atom. The normalized spacial score (nSPS) is 13.9. The van der Waals surface area contributed by atoms with Crippen molar-refractivity contribution in [1.29, 1.82) is 0 Å². The Kier molecular flexibility index (Phi) is 4.02. The molecule has 2 aliphatic rings. The summed E-state index contributed by atoms with van der Waals surface area (Å²) >= 11 is 0. The van der Waals surface area contributed by atoms with Crippen molar-refractivity contribution >= 4 is 11.6 Å². The fourth-order valence-corrected chi connectivity index (χ4v) is 4.09. The number of aromatic nitrogens is 4. The van der Waals surface area contributed by atoms with Gasteiger partial charge in [0.15, 0.2) is 11.5 Å². The lowest BCUT2D eigenvalue weighted by atomic mass is 10.1. The molecule has 0 radical (unpaired) electrons. The van der Waals surface area contributed by atoms with Crippen LogP contribution >= 0.6 is 0 Å². The Balaban J connectivity index is 1.22. The first-order chi connectivity index (χ1) is 15.2. The van der Waals surface area contributed by atoms with E-state index in [1.165, 1.54) is 0 Å². The maximum Gasteiger partial charge on any atom is 0.273 e. The number of fused-ring (bicyclic) bond motifs is 2. The predicted octanol–water partition coefficient (Wildman–Crippen LogP) is 3.87. The molecule has 0 bridgehead atoms. The molecule has 2 aromatic heterocycles. The first-order valence-electron chi connectivity index (χ1n) is 10.2. The second-order valence-corrected chi connectivity index (χ2v) is 7.58. The van der Waals surface area contributed by atoms with E-state index in [1.807, 2.05) is 48.7 Å². The van der Waals surface area contributed by atoms with E-state index in [1.54, 1.807) is 6.07 Å². The van der Waals surface area contributed by atoms with Crippen LogP contribution in [0.3, 0.4) is 0 Å². The van der Waals surface area contributed by atoms with Crippen molar-refractivity contribution in [2.75, 3.05) is 12.1 Å². The molecule has 31 heavy (non-hydrogen) atoms. The van der Waals surface area contributed by atoms with Crippen molar-refractivity contribution < 1.29 is 14.3 Å². The molecule has 154 valence electrons. The number of benzene rings is 2. The molecule has 0 atom stereocenters. The quantitative estimate of drug-likeness (QED) is 0.530. The summed E-state index contributed by atoms with van der Waals surface area (Å²) in [6.45, 7) is 1.20. The van der Waals surface area contributed by atoms with Gasteiger partial charge in [0.05, 0.1) is 17.6 Å². The number of carbonyl (C=O) groups excluding carboxylic acids is 1. The van der Waals surface area contributed by atoms with E-state index in [2.05, 4.69) is 25.1 Å². The minimum absolute atomic E-state index is 0.216. The molecule has 0 aliphatic carbocycles. The van der Waals surface area contributed by atoms with Crippen LogP contribution in [0, 0.1) is 0 Å². The van der Waals surface area contributed by atoms with E-state index in [4.69, 9.17) is 9.47 Å².